The van der Waals surface area contributed by atoms with Gasteiger partial charge in [0.2, 0.25) is 0 Å². The molecule has 2 unspecified atom stereocenters. The van der Waals surface area contributed by atoms with Gasteiger partial charge >= 0.3 is 0 Å². The van der Waals surface area contributed by atoms with Crippen LogP contribution >= 0.6 is 0 Å². The highest BCUT2D eigenvalue weighted by molar-refractivity contribution is 5.26. The van der Waals surface area contributed by atoms with E-state index >= 15 is 0 Å². The first-order valence-corrected chi connectivity index (χ1v) is 8.44. The number of aromatic hydroxyl groups is 1. The van der Waals surface area contributed by atoms with Crippen LogP contribution in [0.4, 0.5) is 0 Å². The molecule has 3 heteroatoms. The monoisotopic (exact) mass is 290 g/mol. The lowest BCUT2D eigenvalue weighted by atomic mass is 10.0. The minimum absolute atomic E-state index is 0.350. The molecule has 0 spiro atoms. The molecule has 1 fully saturated rings. The van der Waals surface area contributed by atoms with Gasteiger partial charge in [0, 0.05) is 18.6 Å². The number of hydrogen-bond acceptors (Lipinski definition) is 3. The van der Waals surface area contributed by atoms with E-state index in [1.807, 2.05) is 12.1 Å². The molecule has 1 aliphatic heterocycles. The molecule has 0 amide bonds. The molecule has 1 aromatic rings. The first kappa shape index (κ1) is 16.3. The van der Waals surface area contributed by atoms with Crippen molar-refractivity contribution in [3.05, 3.63) is 29.8 Å². The Hall–Kier alpha value is -1.06. The van der Waals surface area contributed by atoms with Gasteiger partial charge in [-0.3, -0.25) is 4.90 Å². The first-order chi connectivity index (χ1) is 10.2. The standard InChI is InChI=1S/C18H30N2O/c1-3-12-20(14-17-6-4-5-11-19-17)15(2)13-16-7-9-18(21)10-8-16/h7-10,15,17,19,21H,3-6,11-14H2,1-2H3. The van der Waals surface area contributed by atoms with E-state index in [2.05, 4.69) is 24.1 Å². The molecule has 1 heterocycles. The fourth-order valence-corrected chi connectivity index (χ4v) is 3.24. The zero-order valence-electron chi connectivity index (χ0n) is 13.5. The average molecular weight is 290 g/mol. The van der Waals surface area contributed by atoms with Crippen molar-refractivity contribution in [2.24, 2.45) is 0 Å². The first-order valence-electron chi connectivity index (χ1n) is 8.44. The van der Waals surface area contributed by atoms with Crippen LogP contribution < -0.4 is 5.32 Å². The van der Waals surface area contributed by atoms with Crippen LogP contribution in [0.1, 0.15) is 45.1 Å². The van der Waals surface area contributed by atoms with Gasteiger partial charge in [-0.05, 0) is 63.4 Å². The Bertz CT molecular complexity index is 398. The minimum atomic E-state index is 0.350. The fraction of sp³-hybridized carbons (Fsp3) is 0.667. The summed E-state index contributed by atoms with van der Waals surface area (Å²) in [6, 6.07) is 8.85. The Morgan fingerprint density at radius 3 is 2.67 bits per heavy atom. The highest BCUT2D eigenvalue weighted by atomic mass is 16.3. The zero-order chi connectivity index (χ0) is 15.1. The maximum atomic E-state index is 9.38. The lowest BCUT2D eigenvalue weighted by Gasteiger charge is -2.34. The molecule has 0 bridgehead atoms. The quantitative estimate of drug-likeness (QED) is 0.809. The number of phenolic OH excluding ortho intramolecular Hbond substituents is 1. The van der Waals surface area contributed by atoms with Gasteiger partial charge in [0.15, 0.2) is 0 Å². The van der Waals surface area contributed by atoms with E-state index in [0.29, 0.717) is 17.8 Å². The van der Waals surface area contributed by atoms with E-state index in [0.717, 1.165) is 19.5 Å². The van der Waals surface area contributed by atoms with E-state index in [4.69, 9.17) is 0 Å². The second-order valence-electron chi connectivity index (χ2n) is 6.36. The number of benzene rings is 1. The zero-order valence-corrected chi connectivity index (χ0v) is 13.5. The van der Waals surface area contributed by atoms with E-state index in [-0.39, 0.29) is 0 Å². The van der Waals surface area contributed by atoms with Crippen LogP contribution in [-0.2, 0) is 6.42 Å². The molecule has 0 saturated carbocycles. The molecule has 0 aromatic heterocycles. The predicted molar refractivity (Wildman–Crippen MR) is 88.8 cm³/mol. The molecular weight excluding hydrogens is 260 g/mol. The van der Waals surface area contributed by atoms with Crippen molar-refractivity contribution >= 4 is 0 Å². The summed E-state index contributed by atoms with van der Waals surface area (Å²) in [7, 11) is 0. The second kappa shape index (κ2) is 8.40. The van der Waals surface area contributed by atoms with E-state index < -0.39 is 0 Å². The van der Waals surface area contributed by atoms with E-state index in [1.54, 1.807) is 12.1 Å². The Kier molecular flexibility index (Phi) is 6.52. The smallest absolute Gasteiger partial charge is 0.115 e. The van der Waals surface area contributed by atoms with Gasteiger partial charge in [0.05, 0.1) is 0 Å². The SMILES string of the molecule is CCCN(CC1CCCCN1)C(C)Cc1ccc(O)cc1. The van der Waals surface area contributed by atoms with Crippen LogP contribution in [0, 0.1) is 0 Å². The summed E-state index contributed by atoms with van der Waals surface area (Å²) >= 11 is 0. The number of hydrogen-bond donors (Lipinski definition) is 2. The lowest BCUT2D eigenvalue weighted by Crippen LogP contribution is -2.47. The summed E-state index contributed by atoms with van der Waals surface area (Å²) in [5.41, 5.74) is 1.30. The molecule has 2 rings (SSSR count). The van der Waals surface area contributed by atoms with Gasteiger partial charge in [0.25, 0.3) is 0 Å². The summed E-state index contributed by atoms with van der Waals surface area (Å²) in [5, 5.41) is 13.0. The molecule has 1 aliphatic rings. The molecule has 3 nitrogen and oxygen atoms in total. The normalized spacial score (nSPS) is 20.6. The number of nitrogens with one attached hydrogen (secondary N) is 1. The van der Waals surface area contributed by atoms with Crippen LogP contribution in [0.2, 0.25) is 0 Å². The Labute approximate surface area is 129 Å². The summed E-state index contributed by atoms with van der Waals surface area (Å²) < 4.78 is 0. The third-order valence-corrected chi connectivity index (χ3v) is 4.47. The number of phenols is 1. The van der Waals surface area contributed by atoms with Gasteiger partial charge in [-0.25, -0.2) is 0 Å². The topological polar surface area (TPSA) is 35.5 Å². The van der Waals surface area contributed by atoms with Crippen LogP contribution in [0.25, 0.3) is 0 Å². The third kappa shape index (κ3) is 5.33. The van der Waals surface area contributed by atoms with Crippen molar-refractivity contribution in [2.45, 2.75) is 58.0 Å². The highest BCUT2D eigenvalue weighted by Crippen LogP contribution is 2.16. The van der Waals surface area contributed by atoms with Gasteiger partial charge in [-0.1, -0.05) is 25.5 Å². The average Bonchev–Trinajstić information content (AvgIpc) is 2.50. The minimum Gasteiger partial charge on any atom is -0.508 e. The fourth-order valence-electron chi connectivity index (χ4n) is 3.24. The Morgan fingerprint density at radius 2 is 2.05 bits per heavy atom. The van der Waals surface area contributed by atoms with Crippen molar-refractivity contribution in [3.8, 4) is 5.75 Å². The summed E-state index contributed by atoms with van der Waals surface area (Å²) in [6.45, 7) is 8.08. The molecule has 0 aliphatic carbocycles. The van der Waals surface area contributed by atoms with Gasteiger partial charge in [-0.2, -0.15) is 0 Å². The Balaban J connectivity index is 1.90. The van der Waals surface area contributed by atoms with E-state index in [1.165, 1.54) is 37.8 Å². The van der Waals surface area contributed by atoms with Crippen molar-refractivity contribution in [1.29, 1.82) is 0 Å². The van der Waals surface area contributed by atoms with Crippen molar-refractivity contribution in [2.75, 3.05) is 19.6 Å². The largest absolute Gasteiger partial charge is 0.508 e. The van der Waals surface area contributed by atoms with Crippen molar-refractivity contribution in [3.63, 3.8) is 0 Å². The highest BCUT2D eigenvalue weighted by Gasteiger charge is 2.20. The molecule has 21 heavy (non-hydrogen) atoms. The number of rotatable bonds is 7. The van der Waals surface area contributed by atoms with Gasteiger partial charge in [-0.15, -0.1) is 0 Å². The maximum Gasteiger partial charge on any atom is 0.115 e. The van der Waals surface area contributed by atoms with E-state index in [9.17, 15) is 5.11 Å². The molecule has 1 saturated heterocycles. The van der Waals surface area contributed by atoms with Gasteiger partial charge < -0.3 is 10.4 Å². The molecule has 2 N–H and O–H groups in total. The second-order valence-corrected chi connectivity index (χ2v) is 6.36. The van der Waals surface area contributed by atoms with Crippen molar-refractivity contribution < 1.29 is 5.11 Å². The van der Waals surface area contributed by atoms with Crippen molar-refractivity contribution in [1.82, 2.24) is 10.2 Å². The third-order valence-electron chi connectivity index (χ3n) is 4.47. The van der Waals surface area contributed by atoms with Gasteiger partial charge in [0.1, 0.15) is 5.75 Å². The predicted octanol–water partition coefficient (Wildman–Crippen LogP) is 3.18. The van der Waals surface area contributed by atoms with Crippen LogP contribution in [0.3, 0.4) is 0 Å². The summed E-state index contributed by atoms with van der Waals surface area (Å²) in [4.78, 5) is 2.62. The molecular formula is C18H30N2O. The summed E-state index contributed by atoms with van der Waals surface area (Å²) in [6.07, 6.45) is 6.25. The molecule has 1 aromatic carbocycles. The number of piperidine rings is 1. The number of nitrogens with zero attached hydrogens (tertiary/aromatic N) is 1. The molecule has 0 radical (unpaired) electrons. The Morgan fingerprint density at radius 1 is 1.29 bits per heavy atom. The van der Waals surface area contributed by atoms with Crippen LogP contribution in [-0.4, -0.2) is 41.7 Å². The van der Waals surface area contributed by atoms with Crippen LogP contribution in [0.15, 0.2) is 24.3 Å². The maximum absolute atomic E-state index is 9.38. The lowest BCUT2D eigenvalue weighted by molar-refractivity contribution is 0.174. The molecule has 118 valence electrons. The molecule has 2 atom stereocenters. The van der Waals surface area contributed by atoms with Crippen LogP contribution in [0.5, 0.6) is 5.75 Å². The summed E-state index contributed by atoms with van der Waals surface area (Å²) in [5.74, 6) is 0.350.